The van der Waals surface area contributed by atoms with Crippen molar-refractivity contribution in [3.63, 3.8) is 0 Å². The fraction of sp³-hybridized carbons (Fsp3) is 0.353. The topological polar surface area (TPSA) is 41.1 Å². The Labute approximate surface area is 129 Å². The predicted octanol–water partition coefficient (Wildman–Crippen LogP) is 3.91. The Morgan fingerprint density at radius 1 is 1.38 bits per heavy atom. The van der Waals surface area contributed by atoms with E-state index in [9.17, 15) is 4.79 Å². The quantitative estimate of drug-likeness (QED) is 0.879. The average Bonchev–Trinajstić information content (AvgIpc) is 3.15. The highest BCUT2D eigenvalue weighted by Crippen LogP contribution is 2.33. The van der Waals surface area contributed by atoms with Crippen LogP contribution in [0.2, 0.25) is 0 Å². The van der Waals surface area contributed by atoms with Crippen molar-refractivity contribution in [3.05, 3.63) is 52.2 Å². The van der Waals surface area contributed by atoms with Crippen LogP contribution < -0.4 is 10.6 Å². The van der Waals surface area contributed by atoms with Gasteiger partial charge in [0.05, 0.1) is 6.04 Å². The van der Waals surface area contributed by atoms with Gasteiger partial charge in [0.25, 0.3) is 0 Å². The molecule has 0 saturated heterocycles. The van der Waals surface area contributed by atoms with Crippen LogP contribution in [0.25, 0.3) is 0 Å². The molecule has 3 nitrogen and oxygen atoms in total. The van der Waals surface area contributed by atoms with Crippen molar-refractivity contribution in [3.8, 4) is 0 Å². The molecule has 2 unspecified atom stereocenters. The number of fused-ring (bicyclic) bond motifs is 1. The molecule has 0 saturated carbocycles. The second-order valence-corrected chi connectivity index (χ2v) is 6.39. The van der Waals surface area contributed by atoms with Gasteiger partial charge in [-0.1, -0.05) is 31.2 Å². The number of amides is 1. The number of hydrogen-bond donors (Lipinski definition) is 2. The smallest absolute Gasteiger partial charge is 0.221 e. The number of hydrogen-bond acceptors (Lipinski definition) is 3. The molecule has 1 aromatic carbocycles. The van der Waals surface area contributed by atoms with Gasteiger partial charge in [0.2, 0.25) is 5.91 Å². The van der Waals surface area contributed by atoms with E-state index < -0.39 is 0 Å². The molecule has 1 aliphatic rings. The molecular weight excluding hydrogens is 280 g/mol. The fourth-order valence-corrected chi connectivity index (χ4v) is 3.74. The molecule has 1 amide bonds. The van der Waals surface area contributed by atoms with Crippen LogP contribution in [0.1, 0.15) is 42.2 Å². The number of carbonyl (C=O) groups is 1. The Balaban J connectivity index is 1.62. The van der Waals surface area contributed by atoms with Gasteiger partial charge in [-0.05, 0) is 29.5 Å². The molecule has 2 aromatic rings. The van der Waals surface area contributed by atoms with E-state index in [1.807, 2.05) is 18.2 Å². The predicted molar refractivity (Wildman–Crippen MR) is 87.8 cm³/mol. The first-order valence-electron chi connectivity index (χ1n) is 7.43. The lowest BCUT2D eigenvalue weighted by molar-refractivity contribution is -0.122. The molecule has 4 heteroatoms. The maximum Gasteiger partial charge on any atom is 0.221 e. The first-order chi connectivity index (χ1) is 10.3. The van der Waals surface area contributed by atoms with Crippen LogP contribution in [0, 0.1) is 0 Å². The molecule has 21 heavy (non-hydrogen) atoms. The summed E-state index contributed by atoms with van der Waals surface area (Å²) < 4.78 is 0. The van der Waals surface area contributed by atoms with Crippen LogP contribution in [-0.2, 0) is 4.79 Å². The van der Waals surface area contributed by atoms with Crippen molar-refractivity contribution >= 4 is 22.9 Å². The van der Waals surface area contributed by atoms with Gasteiger partial charge in [-0.3, -0.25) is 4.79 Å². The van der Waals surface area contributed by atoms with E-state index in [-0.39, 0.29) is 17.9 Å². The summed E-state index contributed by atoms with van der Waals surface area (Å²) in [4.78, 5) is 13.6. The van der Waals surface area contributed by atoms with Gasteiger partial charge >= 0.3 is 0 Å². The lowest BCUT2D eigenvalue weighted by atomic mass is 9.97. The van der Waals surface area contributed by atoms with Gasteiger partial charge in [0.15, 0.2) is 0 Å². The SMILES string of the molecule is CCC(NC(=O)CC1CNc2ccccc21)c1cccs1. The first-order valence-corrected chi connectivity index (χ1v) is 8.31. The zero-order valence-corrected chi connectivity index (χ0v) is 13.0. The van der Waals surface area contributed by atoms with Crippen LogP contribution in [0.4, 0.5) is 5.69 Å². The third-order valence-corrected chi connectivity index (χ3v) is 4.99. The number of benzene rings is 1. The highest BCUT2D eigenvalue weighted by molar-refractivity contribution is 7.10. The van der Waals surface area contributed by atoms with Gasteiger partial charge in [0, 0.05) is 29.4 Å². The second-order valence-electron chi connectivity index (χ2n) is 5.41. The minimum Gasteiger partial charge on any atom is -0.384 e. The molecule has 3 rings (SSSR count). The molecule has 110 valence electrons. The highest BCUT2D eigenvalue weighted by Gasteiger charge is 2.25. The molecular formula is C17H20N2OS. The molecule has 1 aliphatic heterocycles. The lowest BCUT2D eigenvalue weighted by Gasteiger charge is -2.17. The fourth-order valence-electron chi connectivity index (χ4n) is 2.88. The summed E-state index contributed by atoms with van der Waals surface area (Å²) >= 11 is 1.70. The molecule has 0 radical (unpaired) electrons. The van der Waals surface area contributed by atoms with E-state index in [0.717, 1.165) is 13.0 Å². The highest BCUT2D eigenvalue weighted by atomic mass is 32.1. The number of nitrogens with one attached hydrogen (secondary N) is 2. The van der Waals surface area contributed by atoms with E-state index in [4.69, 9.17) is 0 Å². The summed E-state index contributed by atoms with van der Waals surface area (Å²) in [6.45, 7) is 2.96. The van der Waals surface area contributed by atoms with Gasteiger partial charge < -0.3 is 10.6 Å². The summed E-state index contributed by atoms with van der Waals surface area (Å²) in [6, 6.07) is 12.5. The van der Waals surface area contributed by atoms with Crippen molar-refractivity contribution in [2.75, 3.05) is 11.9 Å². The number of carbonyl (C=O) groups excluding carboxylic acids is 1. The lowest BCUT2D eigenvalue weighted by Crippen LogP contribution is -2.29. The summed E-state index contributed by atoms with van der Waals surface area (Å²) in [5.41, 5.74) is 2.43. The van der Waals surface area contributed by atoms with E-state index >= 15 is 0 Å². The molecule has 0 aliphatic carbocycles. The number of anilines is 1. The largest absolute Gasteiger partial charge is 0.384 e. The summed E-state index contributed by atoms with van der Waals surface area (Å²) in [6.07, 6.45) is 1.47. The van der Waals surface area contributed by atoms with Gasteiger partial charge in [0.1, 0.15) is 0 Å². The normalized spacial score (nSPS) is 17.9. The van der Waals surface area contributed by atoms with Crippen molar-refractivity contribution < 1.29 is 4.79 Å². The molecule has 2 N–H and O–H groups in total. The van der Waals surface area contributed by atoms with Crippen molar-refractivity contribution in [1.82, 2.24) is 5.32 Å². The monoisotopic (exact) mass is 300 g/mol. The van der Waals surface area contributed by atoms with Gasteiger partial charge in [-0.2, -0.15) is 0 Å². The van der Waals surface area contributed by atoms with E-state index in [1.54, 1.807) is 11.3 Å². The minimum atomic E-state index is 0.138. The van der Waals surface area contributed by atoms with E-state index in [1.165, 1.54) is 16.1 Å². The Bertz CT molecular complexity index is 609. The second kappa shape index (κ2) is 6.31. The van der Waals surface area contributed by atoms with Gasteiger partial charge in [-0.25, -0.2) is 0 Å². The van der Waals surface area contributed by atoms with Crippen LogP contribution in [0.15, 0.2) is 41.8 Å². The maximum atomic E-state index is 12.3. The van der Waals surface area contributed by atoms with Crippen LogP contribution in [0.5, 0.6) is 0 Å². The number of para-hydroxylation sites is 1. The van der Waals surface area contributed by atoms with E-state index in [2.05, 4.69) is 41.1 Å². The first kappa shape index (κ1) is 14.1. The van der Waals surface area contributed by atoms with E-state index in [0.29, 0.717) is 6.42 Å². The summed E-state index contributed by atoms with van der Waals surface area (Å²) in [7, 11) is 0. The molecule has 1 aromatic heterocycles. The molecule has 2 atom stereocenters. The van der Waals surface area contributed by atoms with Gasteiger partial charge in [-0.15, -0.1) is 11.3 Å². The maximum absolute atomic E-state index is 12.3. The number of thiophene rings is 1. The zero-order valence-electron chi connectivity index (χ0n) is 12.1. The van der Waals surface area contributed by atoms with Crippen LogP contribution in [0.3, 0.4) is 0 Å². The Hall–Kier alpha value is -1.81. The minimum absolute atomic E-state index is 0.138. The molecule has 2 heterocycles. The Morgan fingerprint density at radius 2 is 2.24 bits per heavy atom. The average molecular weight is 300 g/mol. The summed E-state index contributed by atoms with van der Waals surface area (Å²) in [5.74, 6) is 0.417. The van der Waals surface area contributed by atoms with Crippen molar-refractivity contribution in [1.29, 1.82) is 0 Å². The van der Waals surface area contributed by atoms with Crippen LogP contribution in [-0.4, -0.2) is 12.5 Å². The third kappa shape index (κ3) is 3.10. The Kier molecular flexibility index (Phi) is 4.25. The standard InChI is InChI=1S/C17H20N2OS/c1-2-14(16-8-5-9-21-16)19-17(20)10-12-11-18-15-7-4-3-6-13(12)15/h3-9,12,14,18H,2,10-11H2,1H3,(H,19,20). The molecule has 0 fully saturated rings. The number of rotatable bonds is 5. The molecule has 0 bridgehead atoms. The zero-order chi connectivity index (χ0) is 14.7. The molecule has 0 spiro atoms. The van der Waals surface area contributed by atoms with Crippen molar-refractivity contribution in [2.45, 2.75) is 31.7 Å². The third-order valence-electron chi connectivity index (χ3n) is 4.00. The summed E-state index contributed by atoms with van der Waals surface area (Å²) in [5, 5.41) is 8.60. The van der Waals surface area contributed by atoms with Crippen molar-refractivity contribution in [2.24, 2.45) is 0 Å². The Morgan fingerprint density at radius 3 is 3.00 bits per heavy atom. The van der Waals surface area contributed by atoms with Crippen LogP contribution >= 0.6 is 11.3 Å².